The Morgan fingerprint density at radius 3 is 2.71 bits per heavy atom. The quantitative estimate of drug-likeness (QED) is 0.850. The minimum atomic E-state index is 1.03. The molecule has 2 heterocycles. The molecule has 2 aromatic rings. The monoisotopic (exact) mass is 229 g/mol. The van der Waals surface area contributed by atoms with E-state index in [1.807, 2.05) is 0 Å². The summed E-state index contributed by atoms with van der Waals surface area (Å²) in [4.78, 5) is 2.49. The van der Waals surface area contributed by atoms with Crippen molar-refractivity contribution in [2.75, 3.05) is 31.1 Å². The van der Waals surface area contributed by atoms with Crippen LogP contribution in [0.25, 0.3) is 10.9 Å². The molecule has 3 nitrogen and oxygen atoms in total. The third kappa shape index (κ3) is 1.80. The highest BCUT2D eigenvalue weighted by atomic mass is 15.3. The van der Waals surface area contributed by atoms with Gasteiger partial charge in [0.05, 0.1) is 0 Å². The zero-order valence-electron chi connectivity index (χ0n) is 10.3. The molecule has 3 rings (SSSR count). The maximum atomic E-state index is 3.40. The number of nitrogens with zero attached hydrogens (tertiary/aromatic N) is 2. The molecule has 1 aliphatic rings. The molecule has 1 aliphatic heterocycles. The largest absolute Gasteiger partial charge is 0.355 e. The number of aryl methyl sites for hydroxylation is 1. The first kappa shape index (κ1) is 10.7. The lowest BCUT2D eigenvalue weighted by atomic mass is 10.2. The molecule has 90 valence electrons. The number of hydrogen-bond acceptors (Lipinski definition) is 2. The molecule has 0 unspecified atom stereocenters. The number of hydrogen-bond donors (Lipinski definition) is 1. The summed E-state index contributed by atoms with van der Waals surface area (Å²) in [6.07, 6.45) is 0. The van der Waals surface area contributed by atoms with Crippen LogP contribution >= 0.6 is 0 Å². The van der Waals surface area contributed by atoms with Gasteiger partial charge in [-0.1, -0.05) is 18.2 Å². The minimum Gasteiger partial charge on any atom is -0.355 e. The predicted molar refractivity (Wildman–Crippen MR) is 72.7 cm³/mol. The van der Waals surface area contributed by atoms with Crippen molar-refractivity contribution >= 4 is 16.7 Å². The van der Waals surface area contributed by atoms with Crippen LogP contribution in [-0.2, 0) is 6.54 Å². The Morgan fingerprint density at radius 2 is 1.94 bits per heavy atom. The molecule has 0 spiro atoms. The van der Waals surface area contributed by atoms with Crippen molar-refractivity contribution in [2.24, 2.45) is 0 Å². The average Bonchev–Trinajstić information content (AvgIpc) is 2.78. The molecule has 1 fully saturated rings. The lowest BCUT2D eigenvalue weighted by molar-refractivity contribution is 0.575. The first-order chi connectivity index (χ1) is 8.40. The van der Waals surface area contributed by atoms with E-state index in [1.165, 1.54) is 16.7 Å². The van der Waals surface area contributed by atoms with E-state index < -0.39 is 0 Å². The fourth-order valence-corrected chi connectivity index (χ4v) is 2.68. The summed E-state index contributed by atoms with van der Waals surface area (Å²) >= 11 is 0. The summed E-state index contributed by atoms with van der Waals surface area (Å²) in [7, 11) is 0. The van der Waals surface area contributed by atoms with E-state index in [9.17, 15) is 0 Å². The molecule has 1 saturated heterocycles. The summed E-state index contributed by atoms with van der Waals surface area (Å²) < 4.78 is 2.42. The van der Waals surface area contributed by atoms with Gasteiger partial charge < -0.3 is 14.8 Å². The van der Waals surface area contributed by atoms with Gasteiger partial charge in [-0.25, -0.2) is 0 Å². The molecule has 0 atom stereocenters. The molecule has 1 aromatic heterocycles. The number of nitrogens with one attached hydrogen (secondary N) is 1. The van der Waals surface area contributed by atoms with Crippen molar-refractivity contribution in [3.8, 4) is 0 Å². The predicted octanol–water partition coefficient (Wildman–Crippen LogP) is 2.07. The minimum absolute atomic E-state index is 1.03. The Balaban J connectivity index is 2.08. The fraction of sp³-hybridized carbons (Fsp3) is 0.429. The van der Waals surface area contributed by atoms with Gasteiger partial charge in [-0.2, -0.15) is 0 Å². The highest BCUT2D eigenvalue weighted by molar-refractivity contribution is 5.85. The van der Waals surface area contributed by atoms with Gasteiger partial charge in [-0.3, -0.25) is 0 Å². The van der Waals surface area contributed by atoms with Crippen LogP contribution in [0.5, 0.6) is 0 Å². The zero-order valence-corrected chi connectivity index (χ0v) is 10.3. The Bertz CT molecular complexity index is 509. The molecule has 0 saturated carbocycles. The maximum Gasteiger partial charge on any atom is 0.109 e. The second kappa shape index (κ2) is 4.41. The highest BCUT2D eigenvalue weighted by Crippen LogP contribution is 2.26. The van der Waals surface area contributed by atoms with Gasteiger partial charge in [0.25, 0.3) is 0 Å². The fourth-order valence-electron chi connectivity index (χ4n) is 2.68. The van der Waals surface area contributed by atoms with Crippen LogP contribution in [0, 0.1) is 0 Å². The van der Waals surface area contributed by atoms with Gasteiger partial charge in [-0.05, 0) is 19.1 Å². The van der Waals surface area contributed by atoms with Crippen molar-refractivity contribution in [3.05, 3.63) is 30.3 Å². The van der Waals surface area contributed by atoms with E-state index in [0.29, 0.717) is 0 Å². The molecule has 1 N–H and O–H groups in total. The van der Waals surface area contributed by atoms with Crippen LogP contribution in [0.15, 0.2) is 30.3 Å². The number of anilines is 1. The third-order valence-electron chi connectivity index (χ3n) is 3.55. The molecule has 1 aromatic carbocycles. The Kier molecular flexibility index (Phi) is 2.77. The second-order valence-corrected chi connectivity index (χ2v) is 4.54. The second-order valence-electron chi connectivity index (χ2n) is 4.54. The third-order valence-corrected chi connectivity index (χ3v) is 3.55. The Labute approximate surface area is 102 Å². The summed E-state index contributed by atoms with van der Waals surface area (Å²) in [5.74, 6) is 1.37. The van der Waals surface area contributed by atoms with Crippen LogP contribution in [-0.4, -0.2) is 30.7 Å². The van der Waals surface area contributed by atoms with Crippen LogP contribution in [0.3, 0.4) is 0 Å². The van der Waals surface area contributed by atoms with E-state index in [4.69, 9.17) is 0 Å². The normalized spacial score (nSPS) is 16.6. The number of piperazine rings is 1. The van der Waals surface area contributed by atoms with Gasteiger partial charge in [0.15, 0.2) is 0 Å². The van der Waals surface area contributed by atoms with Crippen LogP contribution in [0.1, 0.15) is 6.92 Å². The SMILES string of the molecule is CCn1c(N2CCNCC2)cc2ccccc21. The van der Waals surface area contributed by atoms with Gasteiger partial charge in [-0.15, -0.1) is 0 Å². The average molecular weight is 229 g/mol. The van der Waals surface area contributed by atoms with E-state index in [0.717, 1.165) is 32.7 Å². The van der Waals surface area contributed by atoms with Crippen molar-refractivity contribution < 1.29 is 0 Å². The van der Waals surface area contributed by atoms with E-state index in [1.54, 1.807) is 0 Å². The molecule has 3 heteroatoms. The summed E-state index contributed by atoms with van der Waals surface area (Å²) in [5, 5.41) is 4.75. The molecule has 0 bridgehead atoms. The Morgan fingerprint density at radius 1 is 1.18 bits per heavy atom. The number of fused-ring (bicyclic) bond motifs is 1. The lowest BCUT2D eigenvalue weighted by Gasteiger charge is -2.30. The van der Waals surface area contributed by atoms with Crippen molar-refractivity contribution in [2.45, 2.75) is 13.5 Å². The van der Waals surface area contributed by atoms with E-state index >= 15 is 0 Å². The maximum absolute atomic E-state index is 3.40. The standard InChI is InChI=1S/C14H19N3/c1-2-17-13-6-4-3-5-12(13)11-14(17)16-9-7-15-8-10-16/h3-6,11,15H,2,7-10H2,1H3. The molecule has 0 aliphatic carbocycles. The van der Waals surface area contributed by atoms with Crippen molar-refractivity contribution in [3.63, 3.8) is 0 Å². The van der Waals surface area contributed by atoms with Crippen molar-refractivity contribution in [1.82, 2.24) is 9.88 Å². The number of aromatic nitrogens is 1. The van der Waals surface area contributed by atoms with Crippen LogP contribution in [0.4, 0.5) is 5.82 Å². The molecule has 17 heavy (non-hydrogen) atoms. The van der Waals surface area contributed by atoms with Gasteiger partial charge >= 0.3 is 0 Å². The molecular weight excluding hydrogens is 210 g/mol. The Hall–Kier alpha value is -1.48. The van der Waals surface area contributed by atoms with Gasteiger partial charge in [0.1, 0.15) is 5.82 Å². The van der Waals surface area contributed by atoms with Crippen LogP contribution < -0.4 is 10.2 Å². The summed E-state index contributed by atoms with van der Waals surface area (Å²) in [6, 6.07) is 11.0. The van der Waals surface area contributed by atoms with E-state index in [2.05, 4.69) is 52.0 Å². The van der Waals surface area contributed by atoms with E-state index in [-0.39, 0.29) is 0 Å². The number of rotatable bonds is 2. The van der Waals surface area contributed by atoms with Gasteiger partial charge in [0, 0.05) is 43.6 Å². The molecule has 0 radical (unpaired) electrons. The number of para-hydroxylation sites is 1. The molecule has 0 amide bonds. The first-order valence-corrected chi connectivity index (χ1v) is 6.44. The van der Waals surface area contributed by atoms with Gasteiger partial charge in [0.2, 0.25) is 0 Å². The zero-order chi connectivity index (χ0) is 11.7. The summed E-state index contributed by atoms with van der Waals surface area (Å²) in [5.41, 5.74) is 1.35. The lowest BCUT2D eigenvalue weighted by Crippen LogP contribution is -2.44. The van der Waals surface area contributed by atoms with Crippen molar-refractivity contribution in [1.29, 1.82) is 0 Å². The molecular formula is C14H19N3. The topological polar surface area (TPSA) is 20.2 Å². The number of benzene rings is 1. The smallest absolute Gasteiger partial charge is 0.109 e. The first-order valence-electron chi connectivity index (χ1n) is 6.44. The highest BCUT2D eigenvalue weighted by Gasteiger charge is 2.15. The summed E-state index contributed by atoms with van der Waals surface area (Å²) in [6.45, 7) is 7.65. The van der Waals surface area contributed by atoms with Crippen LogP contribution in [0.2, 0.25) is 0 Å².